The van der Waals surface area contributed by atoms with Gasteiger partial charge < -0.3 is 5.32 Å². The maximum Gasteiger partial charge on any atom is -0.00489 e. The maximum absolute atomic E-state index is 3.36. The molecule has 0 aliphatic carbocycles. The first-order valence-electron chi connectivity index (χ1n) is 3.69. The molecule has 1 nitrogen and oxygen atoms in total. The zero-order valence-corrected chi connectivity index (χ0v) is 6.32. The van der Waals surface area contributed by atoms with Crippen molar-refractivity contribution in [2.24, 2.45) is 0 Å². The molecule has 54 valence electrons. The van der Waals surface area contributed by atoms with Crippen LogP contribution < -0.4 is 5.32 Å². The van der Waals surface area contributed by atoms with Gasteiger partial charge in [-0.3, -0.25) is 0 Å². The molecule has 1 aliphatic rings. The van der Waals surface area contributed by atoms with Crippen LogP contribution in [0.15, 0.2) is 12.7 Å². The number of hydrogen-bond acceptors (Lipinski definition) is 1. The standard InChI is InChI=1S/C5H11N.C3H6/c1-2-4-6-5-3-1;1-3-2/h6H,1-5H2;3H,1H2,2H3. The number of nitrogens with one attached hydrogen (secondary N) is 1. The van der Waals surface area contributed by atoms with E-state index in [1.165, 1.54) is 32.4 Å². The molecule has 1 rings (SSSR count). The monoisotopic (exact) mass is 127 g/mol. The first-order valence-corrected chi connectivity index (χ1v) is 3.69. The minimum absolute atomic E-state index is 1.25. The van der Waals surface area contributed by atoms with E-state index in [0.29, 0.717) is 0 Å². The van der Waals surface area contributed by atoms with Gasteiger partial charge in [-0.1, -0.05) is 12.5 Å². The second kappa shape index (κ2) is 7.70. The van der Waals surface area contributed by atoms with E-state index in [9.17, 15) is 0 Å². The van der Waals surface area contributed by atoms with E-state index < -0.39 is 0 Å². The lowest BCUT2D eigenvalue weighted by atomic mass is 10.2. The van der Waals surface area contributed by atoms with E-state index in [-0.39, 0.29) is 0 Å². The van der Waals surface area contributed by atoms with Gasteiger partial charge >= 0.3 is 0 Å². The highest BCUT2D eigenvalue weighted by molar-refractivity contribution is 4.55. The summed E-state index contributed by atoms with van der Waals surface area (Å²) < 4.78 is 0. The van der Waals surface area contributed by atoms with Crippen LogP contribution in [0, 0.1) is 0 Å². The largest absolute Gasteiger partial charge is 0.317 e. The van der Waals surface area contributed by atoms with Gasteiger partial charge in [-0.2, -0.15) is 0 Å². The summed E-state index contributed by atoms with van der Waals surface area (Å²) in [5.74, 6) is 0. The molecule has 1 N–H and O–H groups in total. The Morgan fingerprint density at radius 2 is 1.67 bits per heavy atom. The minimum atomic E-state index is 1.25. The molecule has 0 amide bonds. The molecule has 1 heterocycles. The summed E-state index contributed by atoms with van der Waals surface area (Å²) in [7, 11) is 0. The molecule has 1 aliphatic heterocycles. The number of hydrogen-bond donors (Lipinski definition) is 1. The van der Waals surface area contributed by atoms with Crippen LogP contribution in [0.5, 0.6) is 0 Å². The van der Waals surface area contributed by atoms with Crippen molar-refractivity contribution in [1.82, 2.24) is 5.32 Å². The van der Waals surface area contributed by atoms with E-state index in [4.69, 9.17) is 0 Å². The summed E-state index contributed by atoms with van der Waals surface area (Å²) in [6.45, 7) is 7.75. The molecule has 0 aromatic rings. The van der Waals surface area contributed by atoms with Gasteiger partial charge in [0.25, 0.3) is 0 Å². The summed E-state index contributed by atoms with van der Waals surface area (Å²) in [5, 5.41) is 3.28. The van der Waals surface area contributed by atoms with Gasteiger partial charge in [-0.25, -0.2) is 0 Å². The molecular weight excluding hydrogens is 110 g/mol. The highest BCUT2D eigenvalue weighted by atomic mass is 14.9. The molecule has 0 bridgehead atoms. The van der Waals surface area contributed by atoms with Gasteiger partial charge in [0, 0.05) is 0 Å². The minimum Gasteiger partial charge on any atom is -0.317 e. The Morgan fingerprint density at radius 1 is 1.22 bits per heavy atom. The summed E-state index contributed by atoms with van der Waals surface area (Å²) in [6.07, 6.45) is 5.97. The summed E-state index contributed by atoms with van der Waals surface area (Å²) >= 11 is 0. The van der Waals surface area contributed by atoms with Gasteiger partial charge in [0.1, 0.15) is 0 Å². The third kappa shape index (κ3) is 7.70. The fourth-order valence-corrected chi connectivity index (χ4v) is 0.802. The van der Waals surface area contributed by atoms with Gasteiger partial charge in [0.05, 0.1) is 0 Å². The second-order valence-corrected chi connectivity index (χ2v) is 2.22. The number of piperidine rings is 1. The number of rotatable bonds is 0. The van der Waals surface area contributed by atoms with Crippen LogP contribution in [0.2, 0.25) is 0 Å². The van der Waals surface area contributed by atoms with Crippen LogP contribution in [-0.4, -0.2) is 13.1 Å². The van der Waals surface area contributed by atoms with Gasteiger partial charge in [0.2, 0.25) is 0 Å². The highest BCUT2D eigenvalue weighted by Crippen LogP contribution is 1.96. The summed E-state index contributed by atoms with van der Waals surface area (Å²) in [5.41, 5.74) is 0. The lowest BCUT2D eigenvalue weighted by Crippen LogP contribution is -2.21. The topological polar surface area (TPSA) is 12.0 Å². The van der Waals surface area contributed by atoms with Crippen LogP contribution in [0.25, 0.3) is 0 Å². The molecule has 0 atom stereocenters. The van der Waals surface area contributed by atoms with Gasteiger partial charge in [0.15, 0.2) is 0 Å². The van der Waals surface area contributed by atoms with E-state index in [0.717, 1.165) is 0 Å². The predicted octanol–water partition coefficient (Wildman–Crippen LogP) is 1.95. The third-order valence-corrected chi connectivity index (χ3v) is 1.21. The molecule has 1 heteroatoms. The normalized spacial score (nSPS) is 17.4. The molecule has 0 spiro atoms. The molecule has 9 heavy (non-hydrogen) atoms. The van der Waals surface area contributed by atoms with Gasteiger partial charge in [-0.05, 0) is 32.9 Å². The van der Waals surface area contributed by atoms with Crippen molar-refractivity contribution in [2.45, 2.75) is 26.2 Å². The Hall–Kier alpha value is -0.300. The molecule has 1 fully saturated rings. The van der Waals surface area contributed by atoms with Crippen molar-refractivity contribution in [3.63, 3.8) is 0 Å². The Labute approximate surface area is 58.2 Å². The van der Waals surface area contributed by atoms with Crippen LogP contribution in [-0.2, 0) is 0 Å². The molecule has 0 aromatic carbocycles. The molecule has 0 unspecified atom stereocenters. The highest BCUT2D eigenvalue weighted by Gasteiger charge is 1.93. The first kappa shape index (κ1) is 8.70. The molecule has 0 radical (unpaired) electrons. The van der Waals surface area contributed by atoms with E-state index in [1.807, 2.05) is 6.92 Å². The SMILES string of the molecule is C1CCNCC1.C=CC. The molecule has 1 saturated heterocycles. The van der Waals surface area contributed by atoms with Crippen LogP contribution in [0.4, 0.5) is 0 Å². The Bertz CT molecular complexity index is 44.1. The third-order valence-electron chi connectivity index (χ3n) is 1.21. The zero-order valence-electron chi connectivity index (χ0n) is 6.32. The molecule has 0 aromatic heterocycles. The zero-order chi connectivity index (χ0) is 6.95. The summed E-state index contributed by atoms with van der Waals surface area (Å²) in [4.78, 5) is 0. The van der Waals surface area contributed by atoms with Crippen molar-refractivity contribution in [2.75, 3.05) is 13.1 Å². The fraction of sp³-hybridized carbons (Fsp3) is 0.750. The Kier molecular flexibility index (Phi) is 7.44. The Balaban J connectivity index is 0.000000187. The smallest absolute Gasteiger partial charge is 0.00489 e. The second-order valence-electron chi connectivity index (χ2n) is 2.22. The number of allylic oxidation sites excluding steroid dienone is 1. The predicted molar refractivity (Wildman–Crippen MR) is 42.6 cm³/mol. The van der Waals surface area contributed by atoms with Crippen molar-refractivity contribution >= 4 is 0 Å². The summed E-state index contributed by atoms with van der Waals surface area (Å²) in [6, 6.07) is 0. The van der Waals surface area contributed by atoms with Crippen LogP contribution in [0.1, 0.15) is 26.2 Å². The average molecular weight is 127 g/mol. The van der Waals surface area contributed by atoms with Gasteiger partial charge in [-0.15, -0.1) is 6.58 Å². The van der Waals surface area contributed by atoms with Crippen molar-refractivity contribution in [1.29, 1.82) is 0 Å². The van der Waals surface area contributed by atoms with Crippen LogP contribution in [0.3, 0.4) is 0 Å². The average Bonchev–Trinajstić information content (AvgIpc) is 1.93. The lowest BCUT2D eigenvalue weighted by Gasteiger charge is -2.08. The first-order chi connectivity index (χ1) is 4.41. The fourth-order valence-electron chi connectivity index (χ4n) is 0.802. The van der Waals surface area contributed by atoms with Crippen LogP contribution >= 0.6 is 0 Å². The van der Waals surface area contributed by atoms with Crippen molar-refractivity contribution in [3.05, 3.63) is 12.7 Å². The Morgan fingerprint density at radius 3 is 1.78 bits per heavy atom. The molecule has 0 saturated carbocycles. The maximum atomic E-state index is 3.36. The van der Waals surface area contributed by atoms with E-state index in [1.54, 1.807) is 6.08 Å². The molecular formula is C8H17N. The quantitative estimate of drug-likeness (QED) is 0.490. The van der Waals surface area contributed by atoms with E-state index in [2.05, 4.69) is 11.9 Å². The van der Waals surface area contributed by atoms with Crippen molar-refractivity contribution in [3.8, 4) is 0 Å². The van der Waals surface area contributed by atoms with Crippen molar-refractivity contribution < 1.29 is 0 Å². The lowest BCUT2D eigenvalue weighted by molar-refractivity contribution is 0.520. The van der Waals surface area contributed by atoms with E-state index >= 15 is 0 Å².